The molecular weight excluding hydrogens is 403 g/mol. The summed E-state index contributed by atoms with van der Waals surface area (Å²) in [6, 6.07) is 10.4. The highest BCUT2D eigenvalue weighted by atomic mass is 79.9. The van der Waals surface area contributed by atoms with Crippen molar-refractivity contribution in [3.05, 3.63) is 58.6 Å². The standard InChI is InChI=1S/C16H13BrF3N3O2/c17-12-3-1-2-4-13(12)23-15(25)21-9-14(24)22-11-7-5-10(6-8-11)16(18,19)20/h1-8H,9H2,(H,22,24)(H2,21,23,25). The Morgan fingerprint density at radius 2 is 1.60 bits per heavy atom. The molecule has 0 aliphatic carbocycles. The zero-order valence-electron chi connectivity index (χ0n) is 12.7. The molecule has 0 aliphatic heterocycles. The van der Waals surface area contributed by atoms with Gasteiger partial charge in [0, 0.05) is 10.2 Å². The first-order valence-electron chi connectivity index (χ1n) is 7.02. The van der Waals surface area contributed by atoms with Gasteiger partial charge in [-0.25, -0.2) is 4.79 Å². The van der Waals surface area contributed by atoms with Crippen LogP contribution in [0.1, 0.15) is 5.56 Å². The molecule has 5 nitrogen and oxygen atoms in total. The maximum Gasteiger partial charge on any atom is 0.416 e. The molecule has 0 saturated carbocycles. The Hall–Kier alpha value is -2.55. The van der Waals surface area contributed by atoms with E-state index in [4.69, 9.17) is 0 Å². The summed E-state index contributed by atoms with van der Waals surface area (Å²) in [4.78, 5) is 23.5. The van der Waals surface area contributed by atoms with Crippen molar-refractivity contribution in [2.75, 3.05) is 17.2 Å². The van der Waals surface area contributed by atoms with E-state index in [1.165, 1.54) is 0 Å². The number of amides is 3. The molecule has 0 atom stereocenters. The van der Waals surface area contributed by atoms with Gasteiger partial charge in [0.1, 0.15) is 0 Å². The van der Waals surface area contributed by atoms with E-state index in [1.807, 2.05) is 0 Å². The lowest BCUT2D eigenvalue weighted by atomic mass is 10.2. The average molecular weight is 416 g/mol. The summed E-state index contributed by atoms with van der Waals surface area (Å²) in [6.45, 7) is -0.336. The van der Waals surface area contributed by atoms with E-state index in [0.29, 0.717) is 10.2 Å². The predicted molar refractivity (Wildman–Crippen MR) is 91.2 cm³/mol. The molecule has 0 unspecified atom stereocenters. The van der Waals surface area contributed by atoms with Gasteiger partial charge in [-0.3, -0.25) is 4.79 Å². The van der Waals surface area contributed by atoms with Crippen LogP contribution in [0.15, 0.2) is 53.0 Å². The smallest absolute Gasteiger partial charge is 0.329 e. The van der Waals surface area contributed by atoms with E-state index >= 15 is 0 Å². The largest absolute Gasteiger partial charge is 0.416 e. The van der Waals surface area contributed by atoms with Crippen LogP contribution in [0.25, 0.3) is 0 Å². The minimum atomic E-state index is -4.44. The number of rotatable bonds is 4. The number of nitrogens with one attached hydrogen (secondary N) is 3. The van der Waals surface area contributed by atoms with Gasteiger partial charge in [-0.2, -0.15) is 13.2 Å². The molecule has 25 heavy (non-hydrogen) atoms. The molecule has 2 aromatic carbocycles. The molecule has 132 valence electrons. The molecule has 0 heterocycles. The molecule has 0 fully saturated rings. The van der Waals surface area contributed by atoms with Crippen LogP contribution in [0.5, 0.6) is 0 Å². The number of alkyl halides is 3. The Morgan fingerprint density at radius 3 is 2.20 bits per heavy atom. The van der Waals surface area contributed by atoms with Crippen molar-refractivity contribution < 1.29 is 22.8 Å². The second kappa shape index (κ2) is 8.02. The summed E-state index contributed by atoms with van der Waals surface area (Å²) in [5.41, 5.74) is -0.0781. The van der Waals surface area contributed by atoms with Gasteiger partial charge < -0.3 is 16.0 Å². The van der Waals surface area contributed by atoms with Gasteiger partial charge in [0.2, 0.25) is 5.91 Å². The Kier molecular flexibility index (Phi) is 6.02. The molecule has 2 rings (SSSR count). The van der Waals surface area contributed by atoms with Gasteiger partial charge in [0.15, 0.2) is 0 Å². The van der Waals surface area contributed by atoms with Gasteiger partial charge in [-0.15, -0.1) is 0 Å². The lowest BCUT2D eigenvalue weighted by molar-refractivity contribution is -0.137. The van der Waals surface area contributed by atoms with E-state index in [0.717, 1.165) is 24.3 Å². The SMILES string of the molecule is O=C(CNC(=O)Nc1ccccc1Br)Nc1ccc(C(F)(F)F)cc1. The summed E-state index contributed by atoms with van der Waals surface area (Å²) in [7, 11) is 0. The van der Waals surface area contributed by atoms with E-state index in [9.17, 15) is 22.8 Å². The van der Waals surface area contributed by atoms with Crippen LogP contribution >= 0.6 is 15.9 Å². The van der Waals surface area contributed by atoms with E-state index in [2.05, 4.69) is 31.9 Å². The first kappa shape index (κ1) is 18.8. The minimum Gasteiger partial charge on any atom is -0.329 e. The highest BCUT2D eigenvalue weighted by Gasteiger charge is 2.29. The summed E-state index contributed by atoms with van der Waals surface area (Å²) < 4.78 is 38.0. The number of urea groups is 1. The maximum absolute atomic E-state index is 12.5. The van der Waals surface area contributed by atoms with Crippen LogP contribution < -0.4 is 16.0 Å². The highest BCUT2D eigenvalue weighted by Crippen LogP contribution is 2.29. The molecule has 9 heteroatoms. The molecule has 0 bridgehead atoms. The Morgan fingerprint density at radius 1 is 0.960 bits per heavy atom. The van der Waals surface area contributed by atoms with Crippen molar-refractivity contribution in [3.8, 4) is 0 Å². The average Bonchev–Trinajstić information content (AvgIpc) is 2.55. The normalized spacial score (nSPS) is 10.9. The Bertz CT molecular complexity index is 764. The number of carbonyl (C=O) groups excluding carboxylic acids is 2. The fourth-order valence-corrected chi connectivity index (χ4v) is 2.22. The number of hydrogen-bond donors (Lipinski definition) is 3. The molecule has 0 radical (unpaired) electrons. The third kappa shape index (κ3) is 5.79. The van der Waals surface area contributed by atoms with E-state index in [1.54, 1.807) is 24.3 Å². The predicted octanol–water partition coefficient (Wildman–Crippen LogP) is 4.23. The van der Waals surface area contributed by atoms with Gasteiger partial charge in [-0.05, 0) is 52.3 Å². The summed E-state index contributed by atoms with van der Waals surface area (Å²) >= 11 is 3.27. The molecule has 0 spiro atoms. The Labute approximate surface area is 149 Å². The number of carbonyl (C=O) groups is 2. The second-order valence-corrected chi connectivity index (χ2v) is 5.77. The van der Waals surface area contributed by atoms with Crippen molar-refractivity contribution >= 4 is 39.2 Å². The minimum absolute atomic E-state index is 0.200. The lowest BCUT2D eigenvalue weighted by Gasteiger charge is -2.10. The number of halogens is 4. The second-order valence-electron chi connectivity index (χ2n) is 4.91. The van der Waals surface area contributed by atoms with Gasteiger partial charge >= 0.3 is 12.2 Å². The maximum atomic E-state index is 12.5. The molecule has 0 saturated heterocycles. The third-order valence-electron chi connectivity index (χ3n) is 3.03. The van der Waals surface area contributed by atoms with Crippen molar-refractivity contribution in [3.63, 3.8) is 0 Å². The molecule has 3 amide bonds. The first-order chi connectivity index (χ1) is 11.8. The zero-order chi connectivity index (χ0) is 18.4. The van der Waals surface area contributed by atoms with Crippen molar-refractivity contribution in [2.24, 2.45) is 0 Å². The zero-order valence-corrected chi connectivity index (χ0v) is 14.2. The number of para-hydroxylation sites is 1. The Balaban J connectivity index is 1.82. The third-order valence-corrected chi connectivity index (χ3v) is 3.72. The van der Waals surface area contributed by atoms with Crippen LogP contribution in [0.4, 0.5) is 29.3 Å². The fraction of sp³-hybridized carbons (Fsp3) is 0.125. The summed E-state index contributed by atoms with van der Waals surface area (Å²) in [5, 5.41) is 7.30. The number of anilines is 2. The van der Waals surface area contributed by atoms with Crippen molar-refractivity contribution in [1.29, 1.82) is 0 Å². The topological polar surface area (TPSA) is 70.2 Å². The number of hydrogen-bond acceptors (Lipinski definition) is 2. The van der Waals surface area contributed by atoms with Crippen LogP contribution in [0.3, 0.4) is 0 Å². The van der Waals surface area contributed by atoms with Crippen LogP contribution in [0, 0.1) is 0 Å². The summed E-state index contributed by atoms with van der Waals surface area (Å²) in [5.74, 6) is -0.568. The van der Waals surface area contributed by atoms with Gasteiger partial charge in [0.25, 0.3) is 0 Å². The van der Waals surface area contributed by atoms with Crippen LogP contribution in [-0.2, 0) is 11.0 Å². The molecule has 0 aliphatic rings. The highest BCUT2D eigenvalue weighted by molar-refractivity contribution is 9.10. The van der Waals surface area contributed by atoms with E-state index < -0.39 is 23.7 Å². The summed E-state index contributed by atoms with van der Waals surface area (Å²) in [6.07, 6.45) is -4.44. The monoisotopic (exact) mass is 415 g/mol. The van der Waals surface area contributed by atoms with E-state index in [-0.39, 0.29) is 12.2 Å². The molecule has 0 aromatic heterocycles. The molecule has 3 N–H and O–H groups in total. The quantitative estimate of drug-likeness (QED) is 0.699. The van der Waals surface area contributed by atoms with Crippen molar-refractivity contribution in [1.82, 2.24) is 5.32 Å². The van der Waals surface area contributed by atoms with Crippen molar-refractivity contribution in [2.45, 2.75) is 6.18 Å². The lowest BCUT2D eigenvalue weighted by Crippen LogP contribution is -2.35. The first-order valence-corrected chi connectivity index (χ1v) is 7.81. The van der Waals surface area contributed by atoms with Gasteiger partial charge in [0.05, 0.1) is 17.8 Å². The van der Waals surface area contributed by atoms with Gasteiger partial charge in [-0.1, -0.05) is 12.1 Å². The fourth-order valence-electron chi connectivity index (χ4n) is 1.84. The molecule has 2 aromatic rings. The van der Waals surface area contributed by atoms with Crippen LogP contribution in [0.2, 0.25) is 0 Å². The number of benzene rings is 2. The van der Waals surface area contributed by atoms with Crippen LogP contribution in [-0.4, -0.2) is 18.5 Å². The molecular formula is C16H13BrF3N3O2.